The molecule has 1 aliphatic rings. The molecule has 0 atom stereocenters. The monoisotopic (exact) mass is 407 g/mol. The minimum Gasteiger partial charge on any atom is -0.492 e. The third kappa shape index (κ3) is 2.79. The van der Waals surface area contributed by atoms with E-state index in [0.717, 1.165) is 9.13 Å². The number of benzene rings is 2. The summed E-state index contributed by atoms with van der Waals surface area (Å²) in [5.74, 6) is -1.68. The number of carbonyl (C=O) groups excluding carboxylic acids is 2. The maximum Gasteiger partial charge on any atom is 0.422 e. The highest BCUT2D eigenvalue weighted by Gasteiger charge is 2.50. The fraction of sp³-hybridized carbons (Fsp3) is 0.143. The first kappa shape index (κ1) is 19.2. The molecule has 1 aliphatic heterocycles. The van der Waals surface area contributed by atoms with Crippen LogP contribution in [0.2, 0.25) is 0 Å². The molecular formula is C21H17N3O6. The summed E-state index contributed by atoms with van der Waals surface area (Å²) < 4.78 is 6.69. The van der Waals surface area contributed by atoms with E-state index in [1.165, 1.54) is 26.0 Å². The van der Waals surface area contributed by atoms with Crippen LogP contribution >= 0.6 is 0 Å². The topological polar surface area (TPSA) is 111 Å². The summed E-state index contributed by atoms with van der Waals surface area (Å²) in [5.41, 5.74) is -3.64. The zero-order chi connectivity index (χ0) is 21.6. The normalized spacial score (nSPS) is 15.3. The van der Waals surface area contributed by atoms with Gasteiger partial charge in [0.05, 0.1) is 11.4 Å². The maximum absolute atomic E-state index is 13.3. The lowest BCUT2D eigenvalue weighted by Crippen LogP contribution is -2.45. The summed E-state index contributed by atoms with van der Waals surface area (Å²) in [7, 11) is 0. The van der Waals surface area contributed by atoms with Crippen molar-refractivity contribution in [2.75, 3.05) is 4.90 Å². The molecular weight excluding hydrogens is 390 g/mol. The minimum atomic E-state index is -1.53. The predicted molar refractivity (Wildman–Crippen MR) is 107 cm³/mol. The Morgan fingerprint density at radius 1 is 0.800 bits per heavy atom. The van der Waals surface area contributed by atoms with Gasteiger partial charge in [0.1, 0.15) is 0 Å². The van der Waals surface area contributed by atoms with Gasteiger partial charge < -0.3 is 9.84 Å². The number of aromatic nitrogens is 2. The van der Waals surface area contributed by atoms with Crippen LogP contribution in [0.5, 0.6) is 5.88 Å². The summed E-state index contributed by atoms with van der Waals surface area (Å²) >= 11 is 0. The Bertz CT molecular complexity index is 1280. The molecule has 0 bridgehead atoms. The van der Waals surface area contributed by atoms with Gasteiger partial charge in [0.25, 0.3) is 11.5 Å². The molecule has 2 amide bonds. The molecule has 4 rings (SSSR count). The fourth-order valence-corrected chi connectivity index (χ4v) is 3.25. The molecule has 0 aliphatic carbocycles. The van der Waals surface area contributed by atoms with Gasteiger partial charge in [-0.1, -0.05) is 36.4 Å². The Morgan fingerprint density at radius 2 is 1.30 bits per heavy atom. The van der Waals surface area contributed by atoms with E-state index in [4.69, 9.17) is 4.74 Å². The van der Waals surface area contributed by atoms with E-state index in [0.29, 0.717) is 4.90 Å². The van der Waals surface area contributed by atoms with Crippen LogP contribution in [0, 0.1) is 0 Å². The van der Waals surface area contributed by atoms with Crippen molar-refractivity contribution in [1.82, 2.24) is 9.13 Å². The second-order valence-electron chi connectivity index (χ2n) is 7.12. The molecule has 2 aromatic carbocycles. The highest BCUT2D eigenvalue weighted by Crippen LogP contribution is 2.32. The lowest BCUT2D eigenvalue weighted by atomic mass is 10.1. The zero-order valence-corrected chi connectivity index (χ0v) is 16.1. The molecule has 1 aromatic heterocycles. The number of aromatic hydroxyl groups is 1. The first-order chi connectivity index (χ1) is 14.2. The van der Waals surface area contributed by atoms with Crippen molar-refractivity contribution in [1.29, 1.82) is 0 Å². The second-order valence-corrected chi connectivity index (χ2v) is 7.12. The summed E-state index contributed by atoms with van der Waals surface area (Å²) in [4.78, 5) is 52.1. The van der Waals surface area contributed by atoms with Crippen molar-refractivity contribution in [2.24, 2.45) is 0 Å². The van der Waals surface area contributed by atoms with E-state index in [9.17, 15) is 24.3 Å². The molecule has 1 N–H and O–H groups in total. The largest absolute Gasteiger partial charge is 0.492 e. The van der Waals surface area contributed by atoms with Crippen LogP contribution in [-0.2, 0) is 9.53 Å². The predicted octanol–water partition coefficient (Wildman–Crippen LogP) is 1.96. The fourth-order valence-electron chi connectivity index (χ4n) is 3.25. The number of hydrogen-bond acceptors (Lipinski definition) is 6. The van der Waals surface area contributed by atoms with Crippen molar-refractivity contribution in [3.63, 3.8) is 0 Å². The lowest BCUT2D eigenvalue weighted by Gasteiger charge is -2.19. The van der Waals surface area contributed by atoms with Gasteiger partial charge in [-0.3, -0.25) is 9.59 Å². The molecule has 1 saturated heterocycles. The molecule has 0 radical (unpaired) electrons. The van der Waals surface area contributed by atoms with Gasteiger partial charge in [-0.25, -0.2) is 23.6 Å². The van der Waals surface area contributed by atoms with E-state index in [1.807, 2.05) is 0 Å². The van der Waals surface area contributed by atoms with Crippen molar-refractivity contribution >= 4 is 17.7 Å². The molecule has 0 saturated carbocycles. The number of rotatable bonds is 3. The van der Waals surface area contributed by atoms with Crippen molar-refractivity contribution in [2.45, 2.75) is 19.4 Å². The van der Waals surface area contributed by atoms with Crippen molar-refractivity contribution in [3.8, 4) is 17.3 Å². The molecule has 152 valence electrons. The van der Waals surface area contributed by atoms with Gasteiger partial charge in [-0.15, -0.1) is 0 Å². The molecule has 9 nitrogen and oxygen atoms in total. The van der Waals surface area contributed by atoms with Gasteiger partial charge >= 0.3 is 11.8 Å². The summed E-state index contributed by atoms with van der Waals surface area (Å²) in [6, 6.07) is 16.1. The average Bonchev–Trinajstić information content (AvgIpc) is 2.91. The first-order valence-electron chi connectivity index (χ1n) is 9.03. The SMILES string of the molecule is CC1(C)OC(=O)N(c2c(O)n(-c3ccccc3)c(=O)n(-c3ccccc3)c2=O)C1=O. The molecule has 0 unspecified atom stereocenters. The number of anilines is 1. The molecule has 3 aromatic rings. The van der Waals surface area contributed by atoms with Crippen LogP contribution in [0.1, 0.15) is 13.8 Å². The smallest absolute Gasteiger partial charge is 0.422 e. The Balaban J connectivity index is 2.12. The van der Waals surface area contributed by atoms with Crippen LogP contribution in [-0.4, -0.2) is 31.8 Å². The molecule has 9 heteroatoms. The number of carbonyl (C=O) groups is 2. The van der Waals surface area contributed by atoms with Gasteiger partial charge in [-0.2, -0.15) is 0 Å². The molecule has 1 fully saturated rings. The molecule has 0 spiro atoms. The van der Waals surface area contributed by atoms with Crippen LogP contribution < -0.4 is 16.1 Å². The van der Waals surface area contributed by atoms with E-state index in [1.54, 1.807) is 48.5 Å². The summed E-state index contributed by atoms with van der Waals surface area (Å²) in [5, 5.41) is 10.9. The van der Waals surface area contributed by atoms with Gasteiger partial charge in [-0.05, 0) is 38.1 Å². The molecule has 2 heterocycles. The number of amides is 2. The van der Waals surface area contributed by atoms with E-state index < -0.39 is 40.4 Å². The zero-order valence-electron chi connectivity index (χ0n) is 16.1. The highest BCUT2D eigenvalue weighted by atomic mass is 16.6. The Hall–Kier alpha value is -4.14. The van der Waals surface area contributed by atoms with Crippen LogP contribution in [0.3, 0.4) is 0 Å². The van der Waals surface area contributed by atoms with Gasteiger partial charge in [0.15, 0.2) is 11.3 Å². The number of imide groups is 1. The van der Waals surface area contributed by atoms with E-state index >= 15 is 0 Å². The Morgan fingerprint density at radius 3 is 1.77 bits per heavy atom. The molecule has 30 heavy (non-hydrogen) atoms. The minimum absolute atomic E-state index is 0.206. The van der Waals surface area contributed by atoms with Crippen LogP contribution in [0.15, 0.2) is 70.3 Å². The Labute approximate surface area is 170 Å². The summed E-state index contributed by atoms with van der Waals surface area (Å²) in [6.45, 7) is 2.74. The highest BCUT2D eigenvalue weighted by molar-refractivity contribution is 6.20. The lowest BCUT2D eigenvalue weighted by molar-refractivity contribution is -0.127. The van der Waals surface area contributed by atoms with Crippen LogP contribution in [0.25, 0.3) is 11.4 Å². The van der Waals surface area contributed by atoms with E-state index in [2.05, 4.69) is 0 Å². The second kappa shape index (κ2) is 6.73. The quantitative estimate of drug-likeness (QED) is 0.711. The number of para-hydroxylation sites is 2. The maximum atomic E-state index is 13.3. The third-order valence-electron chi connectivity index (χ3n) is 4.71. The van der Waals surface area contributed by atoms with Crippen molar-refractivity contribution < 1.29 is 19.4 Å². The third-order valence-corrected chi connectivity index (χ3v) is 4.71. The summed E-state index contributed by atoms with van der Waals surface area (Å²) in [6.07, 6.45) is -1.12. The van der Waals surface area contributed by atoms with E-state index in [-0.39, 0.29) is 11.4 Å². The van der Waals surface area contributed by atoms with Crippen LogP contribution in [0.4, 0.5) is 10.5 Å². The number of ether oxygens (including phenoxy) is 1. The number of hydrogen-bond donors (Lipinski definition) is 1. The van der Waals surface area contributed by atoms with Gasteiger partial charge in [0, 0.05) is 0 Å². The first-order valence-corrected chi connectivity index (χ1v) is 9.03. The Kier molecular flexibility index (Phi) is 4.30. The van der Waals surface area contributed by atoms with Crippen molar-refractivity contribution in [3.05, 3.63) is 81.5 Å². The average molecular weight is 407 g/mol. The number of nitrogens with zero attached hydrogens (tertiary/aromatic N) is 3. The van der Waals surface area contributed by atoms with Gasteiger partial charge in [0.2, 0.25) is 5.88 Å². The standard InChI is InChI=1S/C21H17N3O6/c1-21(2)18(27)24(20(29)30-21)15-16(25)22(13-9-5-3-6-10-13)19(28)23(17(15)26)14-11-7-4-8-12-14/h3-12,25H,1-2H3. The number of cyclic esters (lactones) is 1.